The Labute approximate surface area is 94.8 Å². The lowest BCUT2D eigenvalue weighted by Crippen LogP contribution is -2.06. The Hall–Kier alpha value is -1.55. The largest absolute Gasteiger partial charge is 0.494 e. The molecule has 0 aliphatic heterocycles. The van der Waals surface area contributed by atoms with E-state index in [0.717, 1.165) is 17.7 Å². The molecule has 0 bridgehead atoms. The fraction of sp³-hybridized carbons (Fsp3) is 0.417. The highest BCUT2D eigenvalue weighted by Crippen LogP contribution is 2.12. The third kappa shape index (κ3) is 4.79. The summed E-state index contributed by atoms with van der Waals surface area (Å²) in [7, 11) is 0. The first-order valence-electron chi connectivity index (χ1n) is 5.23. The maximum absolute atomic E-state index is 10.2. The summed E-state index contributed by atoms with van der Waals surface area (Å²) in [4.78, 5) is 10.2. The summed E-state index contributed by atoms with van der Waals surface area (Å²) in [6.45, 7) is 2.79. The molecule has 0 saturated heterocycles. The Bertz CT molecular complexity index is 318. The maximum Gasteiger partial charge on any atom is 0.329 e. The van der Waals surface area contributed by atoms with Gasteiger partial charge in [0.25, 0.3) is 0 Å². The van der Waals surface area contributed by atoms with Gasteiger partial charge in [-0.2, -0.15) is 0 Å². The lowest BCUT2D eigenvalue weighted by atomic mass is 10.2. The normalized spacial score (nSPS) is 10.1. The van der Waals surface area contributed by atoms with E-state index in [-0.39, 0.29) is 6.61 Å². The highest BCUT2D eigenvalue weighted by molar-refractivity contribution is 5.67. The van der Waals surface area contributed by atoms with E-state index < -0.39 is 5.97 Å². The van der Waals surface area contributed by atoms with Crippen LogP contribution < -0.4 is 4.74 Å². The van der Waals surface area contributed by atoms with Gasteiger partial charge in [0.05, 0.1) is 13.2 Å². The standard InChI is InChI=1S/C12H16O4/c1-2-7-16-11-5-3-10(4-6-11)8-15-9-12(13)14/h3-6H,2,7-9H2,1H3,(H,13,14). The summed E-state index contributed by atoms with van der Waals surface area (Å²) in [5, 5.41) is 8.39. The number of hydrogen-bond donors (Lipinski definition) is 1. The first-order chi connectivity index (χ1) is 7.72. The third-order valence-electron chi connectivity index (χ3n) is 1.89. The van der Waals surface area contributed by atoms with E-state index in [4.69, 9.17) is 14.6 Å². The Morgan fingerprint density at radius 2 is 2.00 bits per heavy atom. The van der Waals surface area contributed by atoms with Gasteiger partial charge >= 0.3 is 5.97 Å². The fourth-order valence-electron chi connectivity index (χ4n) is 1.16. The van der Waals surface area contributed by atoms with E-state index in [1.807, 2.05) is 31.2 Å². The molecule has 0 unspecified atom stereocenters. The van der Waals surface area contributed by atoms with Gasteiger partial charge in [0.1, 0.15) is 12.4 Å². The molecule has 0 aliphatic carbocycles. The summed E-state index contributed by atoms with van der Waals surface area (Å²) >= 11 is 0. The molecule has 16 heavy (non-hydrogen) atoms. The first-order valence-corrected chi connectivity index (χ1v) is 5.23. The fourth-order valence-corrected chi connectivity index (χ4v) is 1.16. The topological polar surface area (TPSA) is 55.8 Å². The second kappa shape index (κ2) is 6.85. The Morgan fingerprint density at radius 3 is 2.56 bits per heavy atom. The number of rotatable bonds is 7. The van der Waals surface area contributed by atoms with E-state index in [9.17, 15) is 4.79 Å². The molecule has 0 amide bonds. The van der Waals surface area contributed by atoms with Crippen molar-refractivity contribution in [3.8, 4) is 5.75 Å². The zero-order valence-electron chi connectivity index (χ0n) is 9.31. The van der Waals surface area contributed by atoms with Crippen molar-refractivity contribution < 1.29 is 19.4 Å². The van der Waals surface area contributed by atoms with Crippen LogP contribution in [0, 0.1) is 0 Å². The van der Waals surface area contributed by atoms with Crippen molar-refractivity contribution >= 4 is 5.97 Å². The van der Waals surface area contributed by atoms with Crippen molar-refractivity contribution in [1.82, 2.24) is 0 Å². The van der Waals surface area contributed by atoms with Crippen LogP contribution in [0.2, 0.25) is 0 Å². The smallest absolute Gasteiger partial charge is 0.329 e. The minimum atomic E-state index is -0.956. The lowest BCUT2D eigenvalue weighted by molar-refractivity contribution is -0.142. The SMILES string of the molecule is CCCOc1ccc(COCC(=O)O)cc1. The van der Waals surface area contributed by atoms with Gasteiger partial charge in [-0.25, -0.2) is 4.79 Å². The molecule has 0 radical (unpaired) electrons. The van der Waals surface area contributed by atoms with Gasteiger partial charge in [-0.3, -0.25) is 0 Å². The monoisotopic (exact) mass is 224 g/mol. The quantitative estimate of drug-likeness (QED) is 0.770. The Morgan fingerprint density at radius 1 is 1.31 bits per heavy atom. The number of ether oxygens (including phenoxy) is 2. The molecule has 0 heterocycles. The van der Waals surface area contributed by atoms with E-state index >= 15 is 0 Å². The second-order valence-corrected chi connectivity index (χ2v) is 3.38. The molecule has 1 N–H and O–H groups in total. The molecule has 0 saturated carbocycles. The third-order valence-corrected chi connectivity index (χ3v) is 1.89. The molecule has 0 fully saturated rings. The van der Waals surface area contributed by atoms with Gasteiger partial charge in [-0.15, -0.1) is 0 Å². The minimum absolute atomic E-state index is 0.270. The molecule has 4 nitrogen and oxygen atoms in total. The van der Waals surface area contributed by atoms with Gasteiger partial charge in [-0.05, 0) is 24.1 Å². The number of carbonyl (C=O) groups is 1. The van der Waals surface area contributed by atoms with Crippen molar-refractivity contribution in [2.75, 3.05) is 13.2 Å². The molecule has 0 atom stereocenters. The molecule has 0 aliphatic rings. The van der Waals surface area contributed by atoms with Gasteiger partial charge in [0.15, 0.2) is 0 Å². The van der Waals surface area contributed by atoms with Gasteiger partial charge in [0.2, 0.25) is 0 Å². The highest BCUT2D eigenvalue weighted by atomic mass is 16.5. The summed E-state index contributed by atoms with van der Waals surface area (Å²) in [6, 6.07) is 7.45. The molecular weight excluding hydrogens is 208 g/mol. The van der Waals surface area contributed by atoms with E-state index in [1.165, 1.54) is 0 Å². The van der Waals surface area contributed by atoms with Crippen LogP contribution in [0.5, 0.6) is 5.75 Å². The Balaban J connectivity index is 2.36. The van der Waals surface area contributed by atoms with E-state index in [2.05, 4.69) is 0 Å². The molecule has 1 rings (SSSR count). The number of aliphatic carboxylic acids is 1. The van der Waals surface area contributed by atoms with Crippen LogP contribution >= 0.6 is 0 Å². The summed E-state index contributed by atoms with van der Waals surface area (Å²) in [5.41, 5.74) is 0.935. The van der Waals surface area contributed by atoms with Gasteiger partial charge in [-0.1, -0.05) is 19.1 Å². The lowest BCUT2D eigenvalue weighted by Gasteiger charge is -2.05. The molecule has 0 aromatic heterocycles. The van der Waals surface area contributed by atoms with Crippen LogP contribution in [0.3, 0.4) is 0 Å². The predicted octanol–water partition coefficient (Wildman–Crippen LogP) is 2.08. The van der Waals surface area contributed by atoms with Crippen molar-refractivity contribution in [3.05, 3.63) is 29.8 Å². The van der Waals surface area contributed by atoms with Crippen molar-refractivity contribution in [2.45, 2.75) is 20.0 Å². The number of benzene rings is 1. The van der Waals surface area contributed by atoms with E-state index in [1.54, 1.807) is 0 Å². The summed E-state index contributed by atoms with van der Waals surface area (Å²) in [6.07, 6.45) is 0.976. The first kappa shape index (κ1) is 12.5. The van der Waals surface area contributed by atoms with Crippen LogP contribution in [0.25, 0.3) is 0 Å². The molecule has 4 heteroatoms. The average Bonchev–Trinajstić information content (AvgIpc) is 2.27. The summed E-state index contributed by atoms with van der Waals surface area (Å²) < 4.78 is 10.4. The van der Waals surface area contributed by atoms with Crippen molar-refractivity contribution in [1.29, 1.82) is 0 Å². The van der Waals surface area contributed by atoms with Crippen molar-refractivity contribution in [3.63, 3.8) is 0 Å². The predicted molar refractivity (Wildman–Crippen MR) is 59.5 cm³/mol. The van der Waals surface area contributed by atoms with Crippen LogP contribution in [0.4, 0.5) is 0 Å². The molecule has 0 spiro atoms. The molecular formula is C12H16O4. The molecule has 1 aromatic rings. The summed E-state index contributed by atoms with van der Waals surface area (Å²) in [5.74, 6) is -0.133. The van der Waals surface area contributed by atoms with Crippen molar-refractivity contribution in [2.24, 2.45) is 0 Å². The van der Waals surface area contributed by atoms with Crippen LogP contribution in [-0.4, -0.2) is 24.3 Å². The van der Waals surface area contributed by atoms with Crippen LogP contribution in [-0.2, 0) is 16.1 Å². The van der Waals surface area contributed by atoms with Gasteiger partial charge < -0.3 is 14.6 Å². The Kier molecular flexibility index (Phi) is 5.36. The van der Waals surface area contributed by atoms with Crippen LogP contribution in [0.15, 0.2) is 24.3 Å². The molecule has 1 aromatic carbocycles. The van der Waals surface area contributed by atoms with E-state index in [0.29, 0.717) is 13.2 Å². The number of hydrogen-bond acceptors (Lipinski definition) is 3. The van der Waals surface area contributed by atoms with Crippen LogP contribution in [0.1, 0.15) is 18.9 Å². The maximum atomic E-state index is 10.2. The second-order valence-electron chi connectivity index (χ2n) is 3.38. The number of carboxylic acids is 1. The average molecular weight is 224 g/mol. The zero-order chi connectivity index (χ0) is 11.8. The minimum Gasteiger partial charge on any atom is -0.494 e. The zero-order valence-corrected chi connectivity index (χ0v) is 9.31. The highest BCUT2D eigenvalue weighted by Gasteiger charge is 1.98. The van der Waals surface area contributed by atoms with Gasteiger partial charge in [0, 0.05) is 0 Å². The molecule has 88 valence electrons. The number of carboxylic acid groups (broad SMARTS) is 1.